The molecule has 0 unspecified atom stereocenters. The van der Waals surface area contributed by atoms with Crippen molar-refractivity contribution in [2.75, 3.05) is 18.0 Å². The van der Waals surface area contributed by atoms with Crippen molar-refractivity contribution in [3.63, 3.8) is 0 Å². The van der Waals surface area contributed by atoms with Crippen LogP contribution in [0.4, 0.5) is 5.69 Å². The van der Waals surface area contributed by atoms with Gasteiger partial charge in [-0.05, 0) is 43.2 Å². The fourth-order valence-electron chi connectivity index (χ4n) is 2.98. The van der Waals surface area contributed by atoms with Crippen LogP contribution in [0.1, 0.15) is 17.5 Å². The number of carbonyl (C=O) groups is 2. The summed E-state index contributed by atoms with van der Waals surface area (Å²) in [5, 5.41) is 3.64. The first-order valence-corrected chi connectivity index (χ1v) is 8.80. The van der Waals surface area contributed by atoms with Crippen molar-refractivity contribution in [3.05, 3.63) is 64.7 Å². The van der Waals surface area contributed by atoms with Gasteiger partial charge in [0.2, 0.25) is 11.8 Å². The van der Waals surface area contributed by atoms with Gasteiger partial charge in [0.1, 0.15) is 0 Å². The monoisotopic (exact) mass is 356 g/mol. The molecule has 1 fully saturated rings. The molecule has 2 amide bonds. The van der Waals surface area contributed by atoms with Crippen LogP contribution in [-0.4, -0.2) is 24.9 Å². The molecule has 3 rings (SSSR count). The topological polar surface area (TPSA) is 49.4 Å². The lowest BCUT2D eigenvalue weighted by Gasteiger charge is -2.17. The lowest BCUT2D eigenvalue weighted by molar-refractivity contribution is -0.126. The summed E-state index contributed by atoms with van der Waals surface area (Å²) < 4.78 is 0. The molecule has 0 bridgehead atoms. The molecule has 0 radical (unpaired) electrons. The van der Waals surface area contributed by atoms with E-state index in [1.807, 2.05) is 55.5 Å². The molecule has 1 atom stereocenters. The zero-order valence-electron chi connectivity index (χ0n) is 14.2. The molecule has 1 heterocycles. The van der Waals surface area contributed by atoms with Crippen molar-refractivity contribution in [2.24, 2.45) is 5.92 Å². The third-order valence-corrected chi connectivity index (χ3v) is 4.72. The van der Waals surface area contributed by atoms with Gasteiger partial charge < -0.3 is 10.2 Å². The summed E-state index contributed by atoms with van der Waals surface area (Å²) in [6.07, 6.45) is 1.01. The molecule has 2 aromatic carbocycles. The van der Waals surface area contributed by atoms with Crippen LogP contribution < -0.4 is 10.2 Å². The van der Waals surface area contributed by atoms with Gasteiger partial charge in [-0.2, -0.15) is 0 Å². The molecular formula is C20H21ClN2O2. The van der Waals surface area contributed by atoms with Gasteiger partial charge in [-0.3, -0.25) is 9.59 Å². The van der Waals surface area contributed by atoms with Crippen molar-refractivity contribution in [1.82, 2.24) is 5.32 Å². The summed E-state index contributed by atoms with van der Waals surface area (Å²) in [7, 11) is 0. The molecule has 130 valence electrons. The lowest BCUT2D eigenvalue weighted by atomic mass is 10.1. The van der Waals surface area contributed by atoms with E-state index in [-0.39, 0.29) is 24.2 Å². The van der Waals surface area contributed by atoms with E-state index in [0.29, 0.717) is 18.1 Å². The van der Waals surface area contributed by atoms with Gasteiger partial charge in [0.15, 0.2) is 0 Å². The smallest absolute Gasteiger partial charge is 0.227 e. The molecule has 1 N–H and O–H groups in total. The van der Waals surface area contributed by atoms with Crippen LogP contribution in [0.2, 0.25) is 5.02 Å². The number of anilines is 1. The molecule has 0 aromatic heterocycles. The molecule has 25 heavy (non-hydrogen) atoms. The number of rotatable bonds is 5. The molecule has 1 aliphatic rings. The Labute approximate surface area is 152 Å². The van der Waals surface area contributed by atoms with E-state index >= 15 is 0 Å². The van der Waals surface area contributed by atoms with Crippen LogP contribution in [0.25, 0.3) is 0 Å². The number of nitrogens with one attached hydrogen (secondary N) is 1. The van der Waals surface area contributed by atoms with Gasteiger partial charge in [-0.15, -0.1) is 0 Å². The zero-order chi connectivity index (χ0) is 17.8. The number of carbonyl (C=O) groups excluding carboxylic acids is 2. The van der Waals surface area contributed by atoms with E-state index in [9.17, 15) is 9.59 Å². The Hall–Kier alpha value is -2.33. The van der Waals surface area contributed by atoms with E-state index in [1.54, 1.807) is 4.90 Å². The third-order valence-electron chi connectivity index (χ3n) is 4.47. The Morgan fingerprint density at radius 3 is 2.52 bits per heavy atom. The number of benzene rings is 2. The highest BCUT2D eigenvalue weighted by Crippen LogP contribution is 2.25. The molecule has 0 spiro atoms. The van der Waals surface area contributed by atoms with Crippen LogP contribution in [-0.2, 0) is 16.0 Å². The highest BCUT2D eigenvalue weighted by Gasteiger charge is 2.34. The fourth-order valence-corrected chi connectivity index (χ4v) is 3.11. The van der Waals surface area contributed by atoms with Crippen molar-refractivity contribution >= 4 is 29.1 Å². The fraction of sp³-hybridized carbons (Fsp3) is 0.300. The number of amides is 2. The van der Waals surface area contributed by atoms with Crippen LogP contribution in [0.3, 0.4) is 0 Å². The highest BCUT2D eigenvalue weighted by molar-refractivity contribution is 6.30. The summed E-state index contributed by atoms with van der Waals surface area (Å²) >= 11 is 5.86. The largest absolute Gasteiger partial charge is 0.355 e. The number of nitrogens with zero attached hydrogens (tertiary/aromatic N) is 1. The Bertz CT molecular complexity index is 756. The maximum atomic E-state index is 12.4. The molecule has 2 aromatic rings. The van der Waals surface area contributed by atoms with E-state index in [0.717, 1.165) is 23.2 Å². The number of aryl methyl sites for hydroxylation is 1. The second kappa shape index (κ2) is 7.70. The second-order valence-corrected chi connectivity index (χ2v) is 6.84. The molecule has 4 nitrogen and oxygen atoms in total. The summed E-state index contributed by atoms with van der Waals surface area (Å²) in [6.45, 7) is 3.00. The average Bonchev–Trinajstić information content (AvgIpc) is 2.99. The summed E-state index contributed by atoms with van der Waals surface area (Å²) in [5.41, 5.74) is 3.12. The van der Waals surface area contributed by atoms with Gasteiger partial charge >= 0.3 is 0 Å². The maximum Gasteiger partial charge on any atom is 0.227 e. The highest BCUT2D eigenvalue weighted by atomic mass is 35.5. The van der Waals surface area contributed by atoms with Gasteiger partial charge in [0.25, 0.3) is 0 Å². The van der Waals surface area contributed by atoms with Crippen LogP contribution in [0.5, 0.6) is 0 Å². The quantitative estimate of drug-likeness (QED) is 0.893. The standard InChI is InChI=1S/C20H21ClN2O2/c1-14-2-8-18(9-3-14)23-13-16(12-19(23)24)20(25)22-11-10-15-4-6-17(21)7-5-15/h2-9,16H,10-13H2,1H3,(H,22,25)/t16-/m0/s1. The Morgan fingerprint density at radius 2 is 1.84 bits per heavy atom. The first-order valence-electron chi connectivity index (χ1n) is 8.42. The second-order valence-electron chi connectivity index (χ2n) is 6.41. The van der Waals surface area contributed by atoms with Gasteiger partial charge in [-0.1, -0.05) is 41.4 Å². The van der Waals surface area contributed by atoms with Gasteiger partial charge in [0.05, 0.1) is 5.92 Å². The van der Waals surface area contributed by atoms with Gasteiger partial charge in [-0.25, -0.2) is 0 Å². The van der Waals surface area contributed by atoms with Crippen LogP contribution in [0.15, 0.2) is 48.5 Å². The van der Waals surface area contributed by atoms with Crippen molar-refractivity contribution in [2.45, 2.75) is 19.8 Å². The zero-order valence-corrected chi connectivity index (χ0v) is 14.9. The summed E-state index contributed by atoms with van der Waals surface area (Å²) in [6, 6.07) is 15.4. The minimum absolute atomic E-state index is 0.00158. The van der Waals surface area contributed by atoms with Crippen molar-refractivity contribution in [3.8, 4) is 0 Å². The summed E-state index contributed by atoms with van der Waals surface area (Å²) in [5.74, 6) is -0.349. The van der Waals surface area contributed by atoms with Crippen molar-refractivity contribution < 1.29 is 9.59 Å². The van der Waals surface area contributed by atoms with E-state index < -0.39 is 0 Å². The van der Waals surface area contributed by atoms with Gasteiger partial charge in [0, 0.05) is 30.2 Å². The third kappa shape index (κ3) is 4.40. The first-order chi connectivity index (χ1) is 12.0. The normalized spacial score (nSPS) is 17.0. The lowest BCUT2D eigenvalue weighted by Crippen LogP contribution is -2.34. The minimum atomic E-state index is -0.293. The molecule has 0 saturated carbocycles. The molecular weight excluding hydrogens is 336 g/mol. The van der Waals surface area contributed by atoms with Crippen molar-refractivity contribution in [1.29, 1.82) is 0 Å². The predicted octanol–water partition coefficient (Wildman–Crippen LogP) is 3.36. The SMILES string of the molecule is Cc1ccc(N2C[C@@H](C(=O)NCCc3ccc(Cl)cc3)CC2=O)cc1. The van der Waals surface area contributed by atoms with E-state index in [1.165, 1.54) is 0 Å². The molecule has 5 heteroatoms. The first kappa shape index (κ1) is 17.5. The average molecular weight is 357 g/mol. The predicted molar refractivity (Wildman–Crippen MR) is 99.8 cm³/mol. The number of hydrogen-bond acceptors (Lipinski definition) is 2. The molecule has 0 aliphatic carbocycles. The Balaban J connectivity index is 1.52. The molecule has 1 saturated heterocycles. The van der Waals surface area contributed by atoms with Crippen LogP contribution >= 0.6 is 11.6 Å². The minimum Gasteiger partial charge on any atom is -0.355 e. The Morgan fingerprint density at radius 1 is 1.16 bits per heavy atom. The van der Waals surface area contributed by atoms with E-state index in [4.69, 9.17) is 11.6 Å². The van der Waals surface area contributed by atoms with E-state index in [2.05, 4.69) is 5.32 Å². The van der Waals surface area contributed by atoms with Crippen LogP contribution in [0, 0.1) is 12.8 Å². The number of halogens is 1. The molecule has 1 aliphatic heterocycles. The maximum absolute atomic E-state index is 12.4. The Kier molecular flexibility index (Phi) is 5.39. The summed E-state index contributed by atoms with van der Waals surface area (Å²) in [4.78, 5) is 26.3. The number of hydrogen-bond donors (Lipinski definition) is 1.